The Hall–Kier alpha value is -2.65. The van der Waals surface area contributed by atoms with E-state index in [1.165, 1.54) is 16.7 Å². The van der Waals surface area contributed by atoms with Crippen molar-refractivity contribution in [3.8, 4) is 0 Å². The van der Waals surface area contributed by atoms with Gasteiger partial charge < -0.3 is 10.6 Å². The Kier molecular flexibility index (Phi) is 6.80. The molecule has 0 amide bonds. The van der Waals surface area contributed by atoms with Crippen molar-refractivity contribution >= 4 is 17.3 Å². The zero-order chi connectivity index (χ0) is 18.0. The summed E-state index contributed by atoms with van der Waals surface area (Å²) in [5.41, 5.74) is 3.90. The van der Waals surface area contributed by atoms with Crippen LogP contribution >= 0.6 is 12.2 Å². The van der Waals surface area contributed by atoms with Gasteiger partial charge in [0.15, 0.2) is 5.11 Å². The average molecular weight is 361 g/mol. The van der Waals surface area contributed by atoms with E-state index in [2.05, 4.69) is 83.4 Å². The van der Waals surface area contributed by atoms with Crippen molar-refractivity contribution in [1.82, 2.24) is 10.6 Å². The number of rotatable bonds is 7. The Morgan fingerprint density at radius 3 is 1.73 bits per heavy atom. The minimum Gasteiger partial charge on any atom is -0.363 e. The lowest BCUT2D eigenvalue weighted by Gasteiger charge is -2.19. The highest BCUT2D eigenvalue weighted by Gasteiger charge is 2.13. The SMILES string of the molecule is S=C(NCCC(c1ccccc1)c1ccccc1)NCc1ccccc1. The second-order valence-corrected chi connectivity index (χ2v) is 6.67. The lowest BCUT2D eigenvalue weighted by molar-refractivity contribution is 0.684. The molecule has 3 aromatic carbocycles. The van der Waals surface area contributed by atoms with Crippen molar-refractivity contribution in [1.29, 1.82) is 0 Å². The second kappa shape index (κ2) is 9.73. The highest BCUT2D eigenvalue weighted by Crippen LogP contribution is 2.27. The number of nitrogens with one attached hydrogen (secondary N) is 2. The molecular formula is C23H24N2S. The van der Waals surface area contributed by atoms with Crippen molar-refractivity contribution in [2.75, 3.05) is 6.54 Å². The molecule has 0 spiro atoms. The van der Waals surface area contributed by atoms with Crippen molar-refractivity contribution < 1.29 is 0 Å². The van der Waals surface area contributed by atoms with Crippen LogP contribution in [0.4, 0.5) is 0 Å². The van der Waals surface area contributed by atoms with Crippen LogP contribution in [0.3, 0.4) is 0 Å². The molecule has 3 heteroatoms. The van der Waals surface area contributed by atoms with Gasteiger partial charge in [0.05, 0.1) is 0 Å². The number of hydrogen-bond donors (Lipinski definition) is 2. The largest absolute Gasteiger partial charge is 0.363 e. The molecule has 0 saturated heterocycles. The molecule has 0 aliphatic carbocycles. The quantitative estimate of drug-likeness (QED) is 0.588. The van der Waals surface area contributed by atoms with E-state index in [-0.39, 0.29) is 0 Å². The summed E-state index contributed by atoms with van der Waals surface area (Å²) in [6.45, 7) is 1.57. The van der Waals surface area contributed by atoms with Gasteiger partial charge in [-0.25, -0.2) is 0 Å². The topological polar surface area (TPSA) is 24.1 Å². The third kappa shape index (κ3) is 5.43. The summed E-state index contributed by atoms with van der Waals surface area (Å²) >= 11 is 5.42. The summed E-state index contributed by atoms with van der Waals surface area (Å²) in [5.74, 6) is 0.363. The third-order valence-corrected chi connectivity index (χ3v) is 4.71. The van der Waals surface area contributed by atoms with Gasteiger partial charge in [-0.3, -0.25) is 0 Å². The third-order valence-electron chi connectivity index (χ3n) is 4.42. The second-order valence-electron chi connectivity index (χ2n) is 6.26. The molecule has 0 fully saturated rings. The summed E-state index contributed by atoms with van der Waals surface area (Å²) < 4.78 is 0. The van der Waals surface area contributed by atoms with Gasteiger partial charge in [-0.2, -0.15) is 0 Å². The molecule has 0 unspecified atom stereocenters. The van der Waals surface area contributed by atoms with Gasteiger partial charge >= 0.3 is 0 Å². The van der Waals surface area contributed by atoms with Crippen molar-refractivity contribution in [2.24, 2.45) is 0 Å². The van der Waals surface area contributed by atoms with E-state index in [4.69, 9.17) is 12.2 Å². The summed E-state index contributed by atoms with van der Waals surface area (Å²) in [7, 11) is 0. The van der Waals surface area contributed by atoms with Gasteiger partial charge in [-0.15, -0.1) is 0 Å². The molecule has 0 aromatic heterocycles. The van der Waals surface area contributed by atoms with Crippen molar-refractivity contribution in [3.63, 3.8) is 0 Å². The van der Waals surface area contributed by atoms with Gasteiger partial charge in [0.1, 0.15) is 0 Å². The fourth-order valence-corrected chi connectivity index (χ4v) is 3.24. The van der Waals surface area contributed by atoms with Crippen molar-refractivity contribution in [3.05, 3.63) is 108 Å². The van der Waals surface area contributed by atoms with E-state index in [0.29, 0.717) is 11.0 Å². The minimum absolute atomic E-state index is 0.363. The summed E-state index contributed by atoms with van der Waals surface area (Å²) in [6.07, 6.45) is 0.987. The minimum atomic E-state index is 0.363. The first kappa shape index (κ1) is 18.2. The molecule has 3 rings (SSSR count). The lowest BCUT2D eigenvalue weighted by atomic mass is 9.88. The Morgan fingerprint density at radius 1 is 0.692 bits per heavy atom. The number of thiocarbonyl (C=S) groups is 1. The van der Waals surface area contributed by atoms with Crippen LogP contribution in [0.1, 0.15) is 29.0 Å². The molecule has 2 N–H and O–H groups in total. The van der Waals surface area contributed by atoms with E-state index in [1.807, 2.05) is 18.2 Å². The van der Waals surface area contributed by atoms with Crippen LogP contribution in [0.15, 0.2) is 91.0 Å². The molecular weight excluding hydrogens is 336 g/mol. The highest BCUT2D eigenvalue weighted by atomic mass is 32.1. The molecule has 26 heavy (non-hydrogen) atoms. The van der Waals surface area contributed by atoms with Crippen LogP contribution in [0.2, 0.25) is 0 Å². The van der Waals surface area contributed by atoms with E-state index < -0.39 is 0 Å². The zero-order valence-electron chi connectivity index (χ0n) is 14.8. The van der Waals surface area contributed by atoms with Gasteiger partial charge in [-0.1, -0.05) is 91.0 Å². The molecule has 0 bridgehead atoms. The highest BCUT2D eigenvalue weighted by molar-refractivity contribution is 7.80. The van der Waals surface area contributed by atoms with Crippen LogP contribution in [0, 0.1) is 0 Å². The van der Waals surface area contributed by atoms with E-state index in [9.17, 15) is 0 Å². The van der Waals surface area contributed by atoms with Gasteiger partial charge in [-0.05, 0) is 35.3 Å². The summed E-state index contributed by atoms with van der Waals surface area (Å²) in [4.78, 5) is 0. The molecule has 0 atom stereocenters. The zero-order valence-corrected chi connectivity index (χ0v) is 15.6. The number of hydrogen-bond acceptors (Lipinski definition) is 1. The molecule has 0 radical (unpaired) electrons. The first-order valence-corrected chi connectivity index (χ1v) is 9.39. The smallest absolute Gasteiger partial charge is 0.166 e. The first-order chi connectivity index (χ1) is 12.8. The van der Waals surface area contributed by atoms with E-state index in [0.717, 1.165) is 19.5 Å². The Morgan fingerprint density at radius 2 is 1.19 bits per heavy atom. The number of benzene rings is 3. The van der Waals surface area contributed by atoms with Crippen LogP contribution < -0.4 is 10.6 Å². The maximum atomic E-state index is 5.42. The Labute approximate surface area is 161 Å². The average Bonchev–Trinajstić information content (AvgIpc) is 2.72. The maximum absolute atomic E-state index is 5.42. The predicted molar refractivity (Wildman–Crippen MR) is 113 cm³/mol. The van der Waals surface area contributed by atoms with Gasteiger partial charge in [0, 0.05) is 19.0 Å². The molecule has 0 heterocycles. The van der Waals surface area contributed by atoms with E-state index >= 15 is 0 Å². The summed E-state index contributed by atoms with van der Waals surface area (Å²) in [5, 5.41) is 7.32. The van der Waals surface area contributed by atoms with Crippen LogP contribution in [0.25, 0.3) is 0 Å². The molecule has 0 saturated carbocycles. The maximum Gasteiger partial charge on any atom is 0.166 e. The molecule has 0 aliphatic heterocycles. The van der Waals surface area contributed by atoms with Crippen LogP contribution in [0.5, 0.6) is 0 Å². The van der Waals surface area contributed by atoms with Crippen molar-refractivity contribution in [2.45, 2.75) is 18.9 Å². The molecule has 0 aliphatic rings. The van der Waals surface area contributed by atoms with E-state index in [1.54, 1.807) is 0 Å². The standard InChI is InChI=1S/C23H24N2S/c26-23(25-18-19-10-4-1-5-11-19)24-17-16-22(20-12-6-2-7-13-20)21-14-8-3-9-15-21/h1-15,22H,16-18H2,(H2,24,25,26). The molecule has 2 nitrogen and oxygen atoms in total. The summed E-state index contributed by atoms with van der Waals surface area (Å²) in [6, 6.07) is 31.6. The fourth-order valence-electron chi connectivity index (χ4n) is 3.07. The normalized spacial score (nSPS) is 10.5. The first-order valence-electron chi connectivity index (χ1n) is 8.98. The van der Waals surface area contributed by atoms with Crippen LogP contribution in [-0.4, -0.2) is 11.7 Å². The molecule has 3 aromatic rings. The monoisotopic (exact) mass is 360 g/mol. The predicted octanol–water partition coefficient (Wildman–Crippen LogP) is 4.87. The molecule has 132 valence electrons. The van der Waals surface area contributed by atoms with Crippen LogP contribution in [-0.2, 0) is 6.54 Å². The Bertz CT molecular complexity index is 749. The lowest BCUT2D eigenvalue weighted by Crippen LogP contribution is -2.35. The fraction of sp³-hybridized carbons (Fsp3) is 0.174. The Balaban J connectivity index is 1.54. The van der Waals surface area contributed by atoms with Gasteiger partial charge in [0.2, 0.25) is 0 Å². The van der Waals surface area contributed by atoms with Gasteiger partial charge in [0.25, 0.3) is 0 Å².